The van der Waals surface area contributed by atoms with Crippen molar-refractivity contribution >= 4 is 40.4 Å². The molecule has 0 unspecified atom stereocenters. The van der Waals surface area contributed by atoms with Crippen LogP contribution in [0.4, 0.5) is 24.7 Å². The number of hydrogen-bond donors (Lipinski definition) is 2. The maximum atomic E-state index is 13.8. The highest BCUT2D eigenvalue weighted by atomic mass is 35.5. The van der Waals surface area contributed by atoms with Gasteiger partial charge < -0.3 is 20.1 Å². The van der Waals surface area contributed by atoms with Crippen molar-refractivity contribution in [2.45, 2.75) is 24.7 Å². The predicted octanol–water partition coefficient (Wildman–Crippen LogP) is 5.53. The van der Waals surface area contributed by atoms with Gasteiger partial charge in [0.05, 0.1) is 37.2 Å². The second-order valence-corrected chi connectivity index (χ2v) is 8.38. The lowest BCUT2D eigenvalue weighted by Crippen LogP contribution is -2.36. The highest BCUT2D eigenvalue weighted by Gasteiger charge is 2.47. The van der Waals surface area contributed by atoms with Gasteiger partial charge in [-0.25, -0.2) is 4.68 Å². The first-order valence-corrected chi connectivity index (χ1v) is 10.7. The van der Waals surface area contributed by atoms with Gasteiger partial charge >= 0.3 is 6.18 Å². The number of alkyl halides is 3. The molecule has 1 aliphatic rings. The fraction of sp³-hybridized carbons (Fsp3) is 0.300. The number of nitrogens with one attached hydrogen (secondary N) is 2. The van der Waals surface area contributed by atoms with Gasteiger partial charge in [-0.2, -0.15) is 18.3 Å². The molecule has 0 saturated carbocycles. The van der Waals surface area contributed by atoms with Crippen LogP contribution in [0.2, 0.25) is 5.02 Å². The van der Waals surface area contributed by atoms with E-state index >= 15 is 0 Å². The van der Waals surface area contributed by atoms with Crippen molar-refractivity contribution in [2.24, 2.45) is 0 Å². The minimum Gasteiger partial charge on any atom is -0.495 e. The SMILES string of the molecule is COc1cc(NC(=O)c2cnn3c2N[C@H](c2cccs2)C[C@H]3C(F)(F)F)c(OC)cc1Cl. The van der Waals surface area contributed by atoms with Crippen LogP contribution in [-0.4, -0.2) is 36.1 Å². The van der Waals surface area contributed by atoms with Crippen molar-refractivity contribution in [3.63, 3.8) is 0 Å². The first kappa shape index (κ1) is 22.3. The molecule has 3 heterocycles. The summed E-state index contributed by atoms with van der Waals surface area (Å²) in [4.78, 5) is 13.8. The van der Waals surface area contributed by atoms with Crippen LogP contribution in [0.3, 0.4) is 0 Å². The van der Waals surface area contributed by atoms with Crippen molar-refractivity contribution in [1.29, 1.82) is 0 Å². The van der Waals surface area contributed by atoms with E-state index in [2.05, 4.69) is 15.7 Å². The third-order valence-corrected chi connectivity index (χ3v) is 6.37. The molecule has 0 fully saturated rings. The third kappa shape index (κ3) is 4.09. The van der Waals surface area contributed by atoms with Crippen LogP contribution in [0, 0.1) is 0 Å². The first-order valence-electron chi connectivity index (χ1n) is 9.40. The number of methoxy groups -OCH3 is 2. The number of aromatic nitrogens is 2. The highest BCUT2D eigenvalue weighted by Crippen LogP contribution is 2.45. The number of rotatable bonds is 5. The molecule has 4 rings (SSSR count). The number of hydrogen-bond acceptors (Lipinski definition) is 6. The van der Waals surface area contributed by atoms with E-state index in [-0.39, 0.29) is 34.3 Å². The van der Waals surface area contributed by atoms with E-state index in [9.17, 15) is 18.0 Å². The van der Waals surface area contributed by atoms with Crippen molar-refractivity contribution < 1.29 is 27.4 Å². The van der Waals surface area contributed by atoms with Gasteiger partial charge in [-0.3, -0.25) is 4.79 Å². The van der Waals surface area contributed by atoms with Crippen molar-refractivity contribution in [2.75, 3.05) is 24.9 Å². The maximum Gasteiger partial charge on any atom is 0.410 e. The van der Waals surface area contributed by atoms with Gasteiger partial charge in [-0.15, -0.1) is 11.3 Å². The van der Waals surface area contributed by atoms with Crippen LogP contribution in [0.1, 0.15) is 33.7 Å². The molecule has 170 valence electrons. The molecule has 2 aromatic heterocycles. The summed E-state index contributed by atoms with van der Waals surface area (Å²) in [7, 11) is 2.82. The molecular formula is C20H18ClF3N4O3S. The number of carbonyl (C=O) groups is 1. The summed E-state index contributed by atoms with van der Waals surface area (Å²) >= 11 is 7.43. The Hall–Kier alpha value is -2.92. The first-order chi connectivity index (χ1) is 15.2. The minimum absolute atomic E-state index is 0.00521. The van der Waals surface area contributed by atoms with Crippen molar-refractivity contribution in [3.8, 4) is 11.5 Å². The number of carbonyl (C=O) groups excluding carboxylic acids is 1. The Morgan fingerprint density at radius 3 is 2.69 bits per heavy atom. The Morgan fingerprint density at radius 1 is 1.31 bits per heavy atom. The van der Waals surface area contributed by atoms with Crippen LogP contribution in [-0.2, 0) is 0 Å². The molecule has 1 aliphatic heterocycles. The van der Waals surface area contributed by atoms with E-state index in [4.69, 9.17) is 21.1 Å². The van der Waals surface area contributed by atoms with Crippen molar-refractivity contribution in [1.82, 2.24) is 9.78 Å². The second-order valence-electron chi connectivity index (χ2n) is 7.00. The number of anilines is 2. The Balaban J connectivity index is 1.70. The lowest BCUT2D eigenvalue weighted by atomic mass is 10.0. The Kier molecular flexibility index (Phi) is 5.95. The molecule has 0 spiro atoms. The molecule has 7 nitrogen and oxygen atoms in total. The Bertz CT molecular complexity index is 1130. The monoisotopic (exact) mass is 486 g/mol. The summed E-state index contributed by atoms with van der Waals surface area (Å²) < 4.78 is 52.6. The van der Waals surface area contributed by atoms with Crippen LogP contribution >= 0.6 is 22.9 Å². The quantitative estimate of drug-likeness (QED) is 0.496. The van der Waals surface area contributed by atoms with Crippen LogP contribution in [0.15, 0.2) is 35.8 Å². The molecule has 0 saturated heterocycles. The lowest BCUT2D eigenvalue weighted by Gasteiger charge is -2.33. The molecule has 2 atom stereocenters. The maximum absolute atomic E-state index is 13.8. The van der Waals surface area contributed by atoms with E-state index < -0.39 is 24.2 Å². The molecule has 3 aromatic rings. The number of thiophene rings is 1. The highest BCUT2D eigenvalue weighted by molar-refractivity contribution is 7.10. The molecule has 1 amide bonds. The summed E-state index contributed by atoms with van der Waals surface area (Å²) in [6, 6.07) is 3.99. The van der Waals surface area contributed by atoms with Gasteiger partial charge in [0.25, 0.3) is 5.91 Å². The molecule has 32 heavy (non-hydrogen) atoms. The molecular weight excluding hydrogens is 469 g/mol. The zero-order chi connectivity index (χ0) is 23.0. The van der Waals surface area contributed by atoms with Crippen LogP contribution in [0.5, 0.6) is 11.5 Å². The van der Waals surface area contributed by atoms with Crippen molar-refractivity contribution in [3.05, 3.63) is 51.3 Å². The smallest absolute Gasteiger partial charge is 0.410 e. The number of ether oxygens (including phenoxy) is 2. The third-order valence-electron chi connectivity index (χ3n) is 5.09. The molecule has 0 aliphatic carbocycles. The van der Waals surface area contributed by atoms with E-state index in [0.717, 1.165) is 15.8 Å². The number of nitrogens with zero attached hydrogens (tertiary/aromatic N) is 2. The van der Waals surface area contributed by atoms with Crippen LogP contribution < -0.4 is 20.1 Å². The fourth-order valence-electron chi connectivity index (χ4n) is 3.55. The summed E-state index contributed by atoms with van der Waals surface area (Å²) in [5, 5.41) is 11.6. The number of fused-ring (bicyclic) bond motifs is 1. The fourth-order valence-corrected chi connectivity index (χ4v) is 4.57. The summed E-state index contributed by atoms with van der Waals surface area (Å²) in [6.45, 7) is 0. The van der Waals surface area contributed by atoms with E-state index in [0.29, 0.717) is 5.75 Å². The Morgan fingerprint density at radius 2 is 2.06 bits per heavy atom. The molecule has 0 radical (unpaired) electrons. The second kappa shape index (κ2) is 8.55. The summed E-state index contributed by atoms with van der Waals surface area (Å²) in [6.07, 6.45) is -3.65. The van der Waals surface area contributed by atoms with Gasteiger partial charge in [0.1, 0.15) is 22.9 Å². The summed E-state index contributed by atoms with van der Waals surface area (Å²) in [5.41, 5.74) is 0.216. The molecule has 12 heteroatoms. The van der Waals surface area contributed by atoms with E-state index in [1.165, 1.54) is 37.7 Å². The predicted molar refractivity (Wildman–Crippen MR) is 115 cm³/mol. The molecule has 0 bridgehead atoms. The topological polar surface area (TPSA) is 77.4 Å². The molecule has 2 N–H and O–H groups in total. The van der Waals surface area contributed by atoms with Gasteiger partial charge in [0, 0.05) is 23.4 Å². The number of amides is 1. The van der Waals surface area contributed by atoms with Gasteiger partial charge in [0.15, 0.2) is 6.04 Å². The van der Waals surface area contributed by atoms with Gasteiger partial charge in [-0.1, -0.05) is 17.7 Å². The van der Waals surface area contributed by atoms with E-state index in [1.807, 2.05) is 0 Å². The molecule has 1 aromatic carbocycles. The standard InChI is InChI=1S/C20H18ClF3N4O3S/c1-30-14-7-12(15(31-2)6-11(14)21)27-19(29)10-9-25-28-17(20(22,23)24)8-13(26-18(10)28)16-4-3-5-32-16/h3-7,9,13,17,26H,8H2,1-2H3,(H,27,29)/t13-,17-/m0/s1. The summed E-state index contributed by atoms with van der Waals surface area (Å²) in [5.74, 6) is -0.0980. The number of benzene rings is 1. The minimum atomic E-state index is -4.53. The Labute approximate surface area is 190 Å². The normalized spacial score (nSPS) is 17.9. The van der Waals surface area contributed by atoms with Gasteiger partial charge in [-0.05, 0) is 11.4 Å². The average Bonchev–Trinajstić information content (AvgIpc) is 3.43. The number of halogens is 4. The zero-order valence-corrected chi connectivity index (χ0v) is 18.4. The van der Waals surface area contributed by atoms with Gasteiger partial charge in [0.2, 0.25) is 0 Å². The zero-order valence-electron chi connectivity index (χ0n) is 16.9. The largest absolute Gasteiger partial charge is 0.495 e. The average molecular weight is 487 g/mol. The van der Waals surface area contributed by atoms with Crippen LogP contribution in [0.25, 0.3) is 0 Å². The van der Waals surface area contributed by atoms with E-state index in [1.54, 1.807) is 17.5 Å². The lowest BCUT2D eigenvalue weighted by molar-refractivity contribution is -0.173.